The van der Waals surface area contributed by atoms with E-state index in [-0.39, 0.29) is 0 Å². The van der Waals surface area contributed by atoms with Crippen LogP contribution in [0.25, 0.3) is 10.8 Å². The largest absolute Gasteiger partial charge is 0.536 e. The molecule has 2 aromatic carbocycles. The quantitative estimate of drug-likeness (QED) is 0.497. The summed E-state index contributed by atoms with van der Waals surface area (Å²) >= 11 is 0. The molecule has 0 aromatic heterocycles. The molecule has 0 unspecified atom stereocenters. The molecule has 106 valence electrons. The van der Waals surface area contributed by atoms with Crippen molar-refractivity contribution in [3.8, 4) is 0 Å². The fraction of sp³-hybridized carbons (Fsp3) is 0.0833. The minimum atomic E-state index is -5.72. The number of alkyl halides is 3. The second kappa shape index (κ2) is 5.12. The Morgan fingerprint density at radius 1 is 1.05 bits per heavy atom. The van der Waals surface area contributed by atoms with Crippen LogP contribution in [0.5, 0.6) is 0 Å². The molecule has 0 heterocycles. The smallest absolute Gasteiger partial charge is 0.262 e. The molecule has 0 radical (unpaired) electrons. The molecule has 0 spiro atoms. The van der Waals surface area contributed by atoms with Crippen molar-refractivity contribution in [1.29, 1.82) is 0 Å². The summed E-state index contributed by atoms with van der Waals surface area (Å²) in [6, 6.07) is 12.1. The summed E-state index contributed by atoms with van der Waals surface area (Å²) in [6.45, 7) is 0. The highest BCUT2D eigenvalue weighted by Crippen LogP contribution is 2.24. The fourth-order valence-corrected chi connectivity index (χ4v) is 1.78. The summed E-state index contributed by atoms with van der Waals surface area (Å²) in [6.07, 6.45) is 0.922. The van der Waals surface area contributed by atoms with Gasteiger partial charge in [-0.1, -0.05) is 47.6 Å². The van der Waals surface area contributed by atoms with Gasteiger partial charge in [0.05, 0.1) is 6.21 Å². The Labute approximate surface area is 112 Å². The van der Waals surface area contributed by atoms with Gasteiger partial charge in [-0.25, -0.2) is 0 Å². The maximum Gasteiger partial charge on any atom is 0.536 e. The Hall–Kier alpha value is -2.09. The molecule has 0 amide bonds. The number of nitrogens with zero attached hydrogens (tertiary/aromatic N) is 1. The van der Waals surface area contributed by atoms with Crippen molar-refractivity contribution in [2.75, 3.05) is 0 Å². The number of benzene rings is 2. The third kappa shape index (κ3) is 2.90. The van der Waals surface area contributed by atoms with Gasteiger partial charge >= 0.3 is 15.6 Å². The van der Waals surface area contributed by atoms with Crippen molar-refractivity contribution in [2.24, 2.45) is 5.16 Å². The van der Waals surface area contributed by atoms with Gasteiger partial charge in [0.2, 0.25) is 0 Å². The third-order valence-corrected chi connectivity index (χ3v) is 3.29. The van der Waals surface area contributed by atoms with Crippen molar-refractivity contribution in [3.63, 3.8) is 0 Å². The standard InChI is InChI=1S/C12H8F3NO3S/c13-12(14,15)20(17,18)19-16-8-10-6-3-5-9-4-1-2-7-11(9)10/h1-8H. The normalized spacial score (nSPS) is 12.9. The maximum absolute atomic E-state index is 12.0. The number of halogens is 3. The van der Waals surface area contributed by atoms with E-state index in [9.17, 15) is 21.6 Å². The van der Waals surface area contributed by atoms with Crippen LogP contribution in [-0.2, 0) is 14.4 Å². The minimum absolute atomic E-state index is 0.445. The average Bonchev–Trinajstić information content (AvgIpc) is 2.37. The van der Waals surface area contributed by atoms with E-state index in [1.165, 1.54) is 0 Å². The van der Waals surface area contributed by atoms with E-state index >= 15 is 0 Å². The van der Waals surface area contributed by atoms with Crippen molar-refractivity contribution < 1.29 is 25.9 Å². The van der Waals surface area contributed by atoms with Crippen LogP contribution in [0.3, 0.4) is 0 Å². The lowest BCUT2D eigenvalue weighted by Crippen LogP contribution is -2.23. The molecular weight excluding hydrogens is 295 g/mol. The van der Waals surface area contributed by atoms with Gasteiger partial charge in [-0.05, 0) is 10.8 Å². The summed E-state index contributed by atoms with van der Waals surface area (Å²) in [4.78, 5) is 0. The van der Waals surface area contributed by atoms with Crippen LogP contribution in [0.15, 0.2) is 47.6 Å². The molecule has 0 atom stereocenters. The van der Waals surface area contributed by atoms with E-state index in [1.807, 2.05) is 0 Å². The Bertz CT molecular complexity index is 749. The predicted molar refractivity (Wildman–Crippen MR) is 67.6 cm³/mol. The number of fused-ring (bicyclic) bond motifs is 1. The van der Waals surface area contributed by atoms with Gasteiger partial charge in [-0.2, -0.15) is 21.6 Å². The Morgan fingerprint density at radius 3 is 2.40 bits per heavy atom. The van der Waals surface area contributed by atoms with Gasteiger partial charge in [0.15, 0.2) is 0 Å². The van der Waals surface area contributed by atoms with E-state index < -0.39 is 15.6 Å². The van der Waals surface area contributed by atoms with Crippen LogP contribution in [0.2, 0.25) is 0 Å². The number of hydrogen-bond donors (Lipinski definition) is 0. The van der Waals surface area contributed by atoms with Crippen molar-refractivity contribution in [3.05, 3.63) is 48.0 Å². The fourth-order valence-electron chi connectivity index (χ4n) is 1.54. The monoisotopic (exact) mass is 303 g/mol. The van der Waals surface area contributed by atoms with E-state index in [4.69, 9.17) is 0 Å². The zero-order chi connectivity index (χ0) is 14.8. The average molecular weight is 303 g/mol. The summed E-state index contributed by atoms with van der Waals surface area (Å²) in [5, 5.41) is 4.45. The second-order valence-electron chi connectivity index (χ2n) is 3.78. The van der Waals surface area contributed by atoms with Gasteiger partial charge in [0, 0.05) is 5.56 Å². The lowest BCUT2D eigenvalue weighted by atomic mass is 10.1. The zero-order valence-electron chi connectivity index (χ0n) is 9.83. The van der Waals surface area contributed by atoms with Gasteiger partial charge in [-0.15, -0.1) is 0 Å². The lowest BCUT2D eigenvalue weighted by Gasteiger charge is -2.04. The molecule has 0 aliphatic carbocycles. The van der Waals surface area contributed by atoms with E-state index in [0.717, 1.165) is 11.6 Å². The Balaban J connectivity index is 2.28. The van der Waals surface area contributed by atoms with Crippen LogP contribution in [-0.4, -0.2) is 20.1 Å². The molecule has 0 bridgehead atoms. The summed E-state index contributed by atoms with van der Waals surface area (Å²) < 4.78 is 60.9. The highest BCUT2D eigenvalue weighted by Gasteiger charge is 2.48. The van der Waals surface area contributed by atoms with Crippen LogP contribution < -0.4 is 0 Å². The van der Waals surface area contributed by atoms with Crippen molar-refractivity contribution in [2.45, 2.75) is 5.51 Å². The van der Waals surface area contributed by atoms with Crippen molar-refractivity contribution >= 4 is 27.1 Å². The molecule has 20 heavy (non-hydrogen) atoms. The highest BCUT2D eigenvalue weighted by atomic mass is 32.2. The number of oxime groups is 1. The van der Waals surface area contributed by atoms with Crippen molar-refractivity contribution in [1.82, 2.24) is 0 Å². The summed E-state index contributed by atoms with van der Waals surface area (Å²) in [7, 11) is -5.72. The molecule has 2 rings (SSSR count). The molecule has 0 aliphatic rings. The third-order valence-electron chi connectivity index (χ3n) is 2.44. The molecule has 2 aromatic rings. The molecule has 8 heteroatoms. The van der Waals surface area contributed by atoms with Gasteiger partial charge in [-0.3, -0.25) is 4.28 Å². The van der Waals surface area contributed by atoms with Gasteiger partial charge in [0.25, 0.3) is 0 Å². The topological polar surface area (TPSA) is 55.7 Å². The van der Waals surface area contributed by atoms with E-state index in [0.29, 0.717) is 10.9 Å². The van der Waals surface area contributed by atoms with E-state index in [1.54, 1.807) is 42.5 Å². The zero-order valence-corrected chi connectivity index (χ0v) is 10.6. The molecule has 0 saturated carbocycles. The minimum Gasteiger partial charge on any atom is -0.262 e. The molecular formula is C12H8F3NO3S. The molecule has 0 saturated heterocycles. The number of rotatable bonds is 3. The predicted octanol–water partition coefficient (Wildman–Crippen LogP) is 3.04. The Morgan fingerprint density at radius 2 is 1.70 bits per heavy atom. The van der Waals surface area contributed by atoms with Gasteiger partial charge in [0.1, 0.15) is 0 Å². The Kier molecular flexibility index (Phi) is 3.67. The van der Waals surface area contributed by atoms with E-state index in [2.05, 4.69) is 9.44 Å². The summed E-state index contributed by atoms with van der Waals surface area (Å²) in [5.74, 6) is 0. The first-order valence-corrected chi connectivity index (χ1v) is 6.73. The molecule has 0 aliphatic heterocycles. The first kappa shape index (κ1) is 14.3. The number of hydrogen-bond acceptors (Lipinski definition) is 4. The SMILES string of the molecule is O=S(=O)(ON=Cc1cccc2ccccc12)C(F)(F)F. The van der Waals surface area contributed by atoms with Crippen LogP contribution >= 0.6 is 0 Å². The first-order valence-electron chi connectivity index (χ1n) is 5.32. The summed E-state index contributed by atoms with van der Waals surface area (Å²) in [5.41, 5.74) is -5.05. The van der Waals surface area contributed by atoms with Crippen LogP contribution in [0.1, 0.15) is 5.56 Å². The van der Waals surface area contributed by atoms with Crippen LogP contribution in [0.4, 0.5) is 13.2 Å². The molecule has 4 nitrogen and oxygen atoms in total. The molecule has 0 N–H and O–H groups in total. The molecule has 0 fully saturated rings. The van der Waals surface area contributed by atoms with Gasteiger partial charge < -0.3 is 0 Å². The first-order chi connectivity index (χ1) is 9.31. The lowest BCUT2D eigenvalue weighted by molar-refractivity contribution is -0.0540. The highest BCUT2D eigenvalue weighted by molar-refractivity contribution is 7.87. The second-order valence-corrected chi connectivity index (χ2v) is 5.30. The maximum atomic E-state index is 12.0. The van der Waals surface area contributed by atoms with Crippen LogP contribution in [0, 0.1) is 0 Å².